The monoisotopic (exact) mass is 227 g/mol. The Hall–Kier alpha value is -0.780. The lowest BCUT2D eigenvalue weighted by Gasteiger charge is -2.11. The summed E-state index contributed by atoms with van der Waals surface area (Å²) in [6, 6.07) is 0. The van der Waals surface area contributed by atoms with E-state index in [1.165, 1.54) is 0 Å². The van der Waals surface area contributed by atoms with E-state index in [0.29, 0.717) is 12.8 Å². The molecular weight excluding hydrogens is 211 g/mol. The van der Waals surface area contributed by atoms with Crippen LogP contribution in [0.1, 0.15) is 19.8 Å². The third-order valence-electron chi connectivity index (χ3n) is 1.81. The molecule has 0 aliphatic heterocycles. The number of rotatable bonds is 7. The third-order valence-corrected chi connectivity index (χ3v) is 1.81. The average Bonchev–Trinajstić information content (AvgIpc) is 2.21. The topological polar surface area (TPSA) is 49.3 Å². The van der Waals surface area contributed by atoms with Crippen molar-refractivity contribution in [2.45, 2.75) is 38.2 Å². The van der Waals surface area contributed by atoms with Crippen LogP contribution >= 0.6 is 0 Å². The number of aliphatic hydroxyl groups excluding tert-OH is 1. The molecule has 0 saturated heterocycles. The summed E-state index contributed by atoms with van der Waals surface area (Å²) in [6.45, 7) is 0.214. The Morgan fingerprint density at radius 1 is 1.47 bits per heavy atom. The molecule has 90 valence electrons. The molecule has 0 aromatic carbocycles. The van der Waals surface area contributed by atoms with Crippen molar-refractivity contribution in [2.24, 2.45) is 0 Å². The van der Waals surface area contributed by atoms with Gasteiger partial charge in [0.1, 0.15) is 6.67 Å². The van der Waals surface area contributed by atoms with Gasteiger partial charge in [0.25, 0.3) is 5.91 Å². The zero-order valence-corrected chi connectivity index (χ0v) is 8.55. The molecule has 3 unspecified atom stereocenters. The number of halogens is 3. The van der Waals surface area contributed by atoms with Crippen LogP contribution in [-0.4, -0.2) is 42.7 Å². The van der Waals surface area contributed by atoms with Gasteiger partial charge in [0, 0.05) is 6.54 Å². The molecule has 3 nitrogen and oxygen atoms in total. The molecule has 0 aliphatic rings. The van der Waals surface area contributed by atoms with E-state index in [0.717, 1.165) is 0 Å². The molecule has 0 radical (unpaired) electrons. The van der Waals surface area contributed by atoms with E-state index < -0.39 is 31.0 Å². The Kier molecular flexibility index (Phi) is 7.11. The minimum absolute atomic E-state index is 0.142. The van der Waals surface area contributed by atoms with Gasteiger partial charge in [-0.25, -0.2) is 13.2 Å². The molecule has 6 heteroatoms. The van der Waals surface area contributed by atoms with Gasteiger partial charge < -0.3 is 10.4 Å². The number of amides is 1. The molecule has 1 amide bonds. The van der Waals surface area contributed by atoms with Crippen molar-refractivity contribution in [3.63, 3.8) is 0 Å². The van der Waals surface area contributed by atoms with E-state index in [1.54, 1.807) is 6.92 Å². The lowest BCUT2D eigenvalue weighted by atomic mass is 10.2. The van der Waals surface area contributed by atoms with Crippen LogP contribution in [0.4, 0.5) is 13.2 Å². The summed E-state index contributed by atoms with van der Waals surface area (Å²) in [4.78, 5) is 10.8. The van der Waals surface area contributed by atoms with E-state index in [1.807, 2.05) is 0 Å². The van der Waals surface area contributed by atoms with Gasteiger partial charge in [-0.05, 0) is 19.8 Å². The highest BCUT2D eigenvalue weighted by atomic mass is 19.2. The minimum atomic E-state index is -2.46. The lowest BCUT2D eigenvalue weighted by molar-refractivity contribution is -0.128. The SMILES string of the molecule is CC(O)CCCNC(=O)C(F)C(F)CF. The van der Waals surface area contributed by atoms with Crippen molar-refractivity contribution >= 4 is 5.91 Å². The average molecular weight is 227 g/mol. The fourth-order valence-corrected chi connectivity index (χ4v) is 0.949. The van der Waals surface area contributed by atoms with Gasteiger partial charge in [0.15, 0.2) is 6.17 Å². The van der Waals surface area contributed by atoms with Gasteiger partial charge in [-0.15, -0.1) is 0 Å². The standard InChI is InChI=1S/C9H16F3NO2/c1-6(14)3-2-4-13-9(15)8(12)7(11)5-10/h6-8,14H,2-5H2,1H3,(H,13,15). The first-order chi connectivity index (χ1) is 6.99. The van der Waals surface area contributed by atoms with Crippen LogP contribution in [0.2, 0.25) is 0 Å². The number of carbonyl (C=O) groups excluding carboxylic acids is 1. The fourth-order valence-electron chi connectivity index (χ4n) is 0.949. The summed E-state index contributed by atoms with van der Waals surface area (Å²) in [6.07, 6.45) is -4.44. The highest BCUT2D eigenvalue weighted by Crippen LogP contribution is 2.05. The zero-order valence-electron chi connectivity index (χ0n) is 8.55. The molecule has 0 aromatic heterocycles. The molecule has 0 heterocycles. The van der Waals surface area contributed by atoms with Crippen molar-refractivity contribution in [3.8, 4) is 0 Å². The van der Waals surface area contributed by atoms with Gasteiger partial charge in [0.05, 0.1) is 6.10 Å². The maximum atomic E-state index is 12.7. The number of alkyl halides is 3. The maximum absolute atomic E-state index is 12.7. The van der Waals surface area contributed by atoms with Crippen LogP contribution < -0.4 is 5.32 Å². The van der Waals surface area contributed by atoms with Crippen LogP contribution in [0, 0.1) is 0 Å². The summed E-state index contributed by atoms with van der Waals surface area (Å²) in [5.74, 6) is -1.15. The second kappa shape index (κ2) is 7.50. The van der Waals surface area contributed by atoms with Gasteiger partial charge in [-0.1, -0.05) is 0 Å². The fraction of sp³-hybridized carbons (Fsp3) is 0.889. The molecule has 0 spiro atoms. The van der Waals surface area contributed by atoms with Crippen LogP contribution in [-0.2, 0) is 4.79 Å². The Bertz CT molecular complexity index is 190. The van der Waals surface area contributed by atoms with Crippen LogP contribution in [0.25, 0.3) is 0 Å². The molecule has 2 N–H and O–H groups in total. The van der Waals surface area contributed by atoms with Gasteiger partial charge in [-0.2, -0.15) is 0 Å². The summed E-state index contributed by atoms with van der Waals surface area (Å²) in [7, 11) is 0. The number of aliphatic hydroxyl groups is 1. The van der Waals surface area contributed by atoms with Gasteiger partial charge in [0.2, 0.25) is 6.17 Å². The van der Waals surface area contributed by atoms with Crippen LogP contribution in [0.3, 0.4) is 0 Å². The highest BCUT2D eigenvalue weighted by Gasteiger charge is 2.27. The summed E-state index contributed by atoms with van der Waals surface area (Å²) in [5, 5.41) is 11.0. The van der Waals surface area contributed by atoms with E-state index in [2.05, 4.69) is 5.32 Å². The van der Waals surface area contributed by atoms with Crippen molar-refractivity contribution in [3.05, 3.63) is 0 Å². The molecular formula is C9H16F3NO2. The molecule has 3 atom stereocenters. The molecule has 0 aromatic rings. The second-order valence-corrected chi connectivity index (χ2v) is 3.35. The van der Waals surface area contributed by atoms with Gasteiger partial charge in [-0.3, -0.25) is 4.79 Å². The van der Waals surface area contributed by atoms with E-state index in [4.69, 9.17) is 5.11 Å². The number of carbonyl (C=O) groups is 1. The Balaban J connectivity index is 3.65. The zero-order chi connectivity index (χ0) is 11.8. The predicted octanol–water partition coefficient (Wildman–Crippen LogP) is 0.909. The maximum Gasteiger partial charge on any atom is 0.257 e. The highest BCUT2D eigenvalue weighted by molar-refractivity contribution is 5.81. The Morgan fingerprint density at radius 3 is 2.53 bits per heavy atom. The first kappa shape index (κ1) is 14.2. The lowest BCUT2D eigenvalue weighted by Crippen LogP contribution is -2.39. The molecule has 0 rings (SSSR count). The molecule has 15 heavy (non-hydrogen) atoms. The smallest absolute Gasteiger partial charge is 0.257 e. The number of hydrogen-bond donors (Lipinski definition) is 2. The first-order valence-electron chi connectivity index (χ1n) is 4.79. The molecule has 0 fully saturated rings. The Morgan fingerprint density at radius 2 is 2.07 bits per heavy atom. The number of hydrogen-bond acceptors (Lipinski definition) is 2. The van der Waals surface area contributed by atoms with Crippen molar-refractivity contribution < 1.29 is 23.1 Å². The minimum Gasteiger partial charge on any atom is -0.393 e. The molecule has 0 saturated carbocycles. The molecule has 0 aliphatic carbocycles. The van der Waals surface area contributed by atoms with Crippen molar-refractivity contribution in [1.82, 2.24) is 5.32 Å². The van der Waals surface area contributed by atoms with E-state index >= 15 is 0 Å². The Labute approximate surface area is 86.7 Å². The van der Waals surface area contributed by atoms with Crippen molar-refractivity contribution in [1.29, 1.82) is 0 Å². The summed E-state index contributed by atoms with van der Waals surface area (Å²) in [5.41, 5.74) is 0. The van der Waals surface area contributed by atoms with Gasteiger partial charge >= 0.3 is 0 Å². The van der Waals surface area contributed by atoms with E-state index in [-0.39, 0.29) is 6.54 Å². The normalized spacial score (nSPS) is 16.9. The van der Waals surface area contributed by atoms with Crippen LogP contribution in [0.15, 0.2) is 0 Å². The first-order valence-corrected chi connectivity index (χ1v) is 4.79. The summed E-state index contributed by atoms with van der Waals surface area (Å²) >= 11 is 0. The largest absolute Gasteiger partial charge is 0.393 e. The quantitative estimate of drug-likeness (QED) is 0.635. The van der Waals surface area contributed by atoms with E-state index in [9.17, 15) is 18.0 Å². The molecule has 0 bridgehead atoms. The third kappa shape index (κ3) is 6.33. The van der Waals surface area contributed by atoms with Crippen molar-refractivity contribution in [2.75, 3.05) is 13.2 Å². The predicted molar refractivity (Wildman–Crippen MR) is 49.7 cm³/mol. The second-order valence-electron chi connectivity index (χ2n) is 3.35. The summed E-state index contributed by atoms with van der Waals surface area (Å²) < 4.78 is 36.7. The van der Waals surface area contributed by atoms with Crippen LogP contribution in [0.5, 0.6) is 0 Å². The number of nitrogens with one attached hydrogen (secondary N) is 1.